The molecule has 0 bridgehead atoms. The van der Waals surface area contributed by atoms with Crippen molar-refractivity contribution in [2.45, 2.75) is 32.1 Å². The predicted molar refractivity (Wildman–Crippen MR) is 82.4 cm³/mol. The molecule has 0 aliphatic carbocycles. The number of aromatic carboxylic acids is 1. The SMILES string of the molecule is CCC(C)CN(C)S(=O)(=O)c1cc(Cl)cc(C(=O)O)c1C. The summed E-state index contributed by atoms with van der Waals surface area (Å²) in [7, 11) is -2.28. The molecule has 5 nitrogen and oxygen atoms in total. The Bertz CT molecular complexity index is 643. The van der Waals surface area contributed by atoms with Gasteiger partial charge in [0.05, 0.1) is 10.5 Å². The summed E-state index contributed by atoms with van der Waals surface area (Å²) >= 11 is 5.86. The molecule has 1 rings (SSSR count). The third-order valence-electron chi connectivity index (χ3n) is 3.51. The molecule has 0 aromatic heterocycles. The maximum atomic E-state index is 12.6. The molecular formula is C14H20ClNO4S. The van der Waals surface area contributed by atoms with E-state index >= 15 is 0 Å². The maximum Gasteiger partial charge on any atom is 0.336 e. The molecule has 0 aliphatic heterocycles. The Morgan fingerprint density at radius 1 is 1.43 bits per heavy atom. The first kappa shape index (κ1) is 17.9. The molecule has 0 saturated heterocycles. The van der Waals surface area contributed by atoms with Crippen molar-refractivity contribution in [1.82, 2.24) is 4.31 Å². The highest BCUT2D eigenvalue weighted by Crippen LogP contribution is 2.27. The molecule has 1 atom stereocenters. The summed E-state index contributed by atoms with van der Waals surface area (Å²) in [4.78, 5) is 11.1. The van der Waals surface area contributed by atoms with Crippen LogP contribution in [0.4, 0.5) is 0 Å². The van der Waals surface area contributed by atoms with Crippen molar-refractivity contribution < 1.29 is 18.3 Å². The van der Waals surface area contributed by atoms with Crippen LogP contribution >= 0.6 is 11.6 Å². The van der Waals surface area contributed by atoms with E-state index in [0.717, 1.165) is 6.42 Å². The molecule has 0 saturated carbocycles. The van der Waals surface area contributed by atoms with Gasteiger partial charge >= 0.3 is 5.97 Å². The number of sulfonamides is 1. The quantitative estimate of drug-likeness (QED) is 0.868. The second kappa shape index (κ2) is 6.77. The minimum absolute atomic E-state index is 0.0572. The van der Waals surface area contributed by atoms with Crippen molar-refractivity contribution >= 4 is 27.6 Å². The highest BCUT2D eigenvalue weighted by molar-refractivity contribution is 7.89. The summed E-state index contributed by atoms with van der Waals surface area (Å²) in [5, 5.41) is 9.23. The Labute approximate surface area is 130 Å². The fraction of sp³-hybridized carbons (Fsp3) is 0.500. The number of carbonyl (C=O) groups is 1. The van der Waals surface area contributed by atoms with Gasteiger partial charge in [-0.15, -0.1) is 0 Å². The summed E-state index contributed by atoms with van der Waals surface area (Å²) in [6.07, 6.45) is 0.856. The van der Waals surface area contributed by atoms with Gasteiger partial charge in [0.15, 0.2) is 0 Å². The van der Waals surface area contributed by atoms with Crippen LogP contribution in [0.2, 0.25) is 5.02 Å². The Morgan fingerprint density at radius 3 is 2.48 bits per heavy atom. The van der Waals surface area contributed by atoms with Gasteiger partial charge in [0.25, 0.3) is 0 Å². The highest BCUT2D eigenvalue weighted by atomic mass is 35.5. The van der Waals surface area contributed by atoms with Crippen LogP contribution in [0.1, 0.15) is 36.2 Å². The van der Waals surface area contributed by atoms with Crippen LogP contribution in [0.15, 0.2) is 17.0 Å². The van der Waals surface area contributed by atoms with Crippen molar-refractivity contribution in [3.05, 3.63) is 28.3 Å². The third-order valence-corrected chi connectivity index (χ3v) is 5.68. The average Bonchev–Trinajstić information content (AvgIpc) is 2.40. The average molecular weight is 334 g/mol. The molecule has 1 aromatic carbocycles. The molecule has 1 aromatic rings. The van der Waals surface area contributed by atoms with E-state index in [9.17, 15) is 13.2 Å². The van der Waals surface area contributed by atoms with E-state index in [4.69, 9.17) is 16.7 Å². The maximum absolute atomic E-state index is 12.6. The first-order valence-corrected chi connectivity index (χ1v) is 8.42. The summed E-state index contributed by atoms with van der Waals surface area (Å²) < 4.78 is 26.5. The molecule has 118 valence electrons. The van der Waals surface area contributed by atoms with Crippen LogP contribution < -0.4 is 0 Å². The molecule has 0 spiro atoms. The summed E-state index contributed by atoms with van der Waals surface area (Å²) in [6.45, 7) is 5.79. The van der Waals surface area contributed by atoms with E-state index in [2.05, 4.69) is 0 Å². The zero-order valence-electron chi connectivity index (χ0n) is 12.6. The van der Waals surface area contributed by atoms with E-state index in [1.54, 1.807) is 0 Å². The van der Waals surface area contributed by atoms with Crippen molar-refractivity contribution in [3.63, 3.8) is 0 Å². The first-order chi connectivity index (χ1) is 9.61. The van der Waals surface area contributed by atoms with Crippen LogP contribution in [0.3, 0.4) is 0 Å². The van der Waals surface area contributed by atoms with Crippen molar-refractivity contribution in [2.24, 2.45) is 5.92 Å². The lowest BCUT2D eigenvalue weighted by Gasteiger charge is -2.22. The number of benzene rings is 1. The molecule has 7 heteroatoms. The van der Waals surface area contributed by atoms with Crippen LogP contribution in [-0.2, 0) is 10.0 Å². The van der Waals surface area contributed by atoms with Gasteiger partial charge in [0.1, 0.15) is 0 Å². The van der Waals surface area contributed by atoms with Crippen LogP contribution in [0, 0.1) is 12.8 Å². The largest absolute Gasteiger partial charge is 0.478 e. The Kier molecular flexibility index (Phi) is 5.78. The second-order valence-corrected chi connectivity index (χ2v) is 7.63. The van der Waals surface area contributed by atoms with Gasteiger partial charge in [-0.25, -0.2) is 17.5 Å². The van der Waals surface area contributed by atoms with Crippen LogP contribution in [0.25, 0.3) is 0 Å². The molecule has 0 aliphatic rings. The number of hydrogen-bond acceptors (Lipinski definition) is 3. The monoisotopic (exact) mass is 333 g/mol. The van der Waals surface area contributed by atoms with Crippen molar-refractivity contribution in [3.8, 4) is 0 Å². The molecule has 21 heavy (non-hydrogen) atoms. The molecule has 0 radical (unpaired) electrons. The predicted octanol–water partition coefficient (Wildman–Crippen LogP) is 3.01. The number of carboxylic acid groups (broad SMARTS) is 1. The van der Waals surface area contributed by atoms with Crippen LogP contribution in [0.5, 0.6) is 0 Å². The van der Waals surface area contributed by atoms with Gasteiger partial charge in [0, 0.05) is 18.6 Å². The van der Waals surface area contributed by atoms with E-state index in [0.29, 0.717) is 6.54 Å². The van der Waals surface area contributed by atoms with E-state index in [1.165, 1.54) is 30.4 Å². The second-order valence-electron chi connectivity index (χ2n) is 5.18. The van der Waals surface area contributed by atoms with Crippen molar-refractivity contribution in [1.29, 1.82) is 0 Å². The van der Waals surface area contributed by atoms with E-state index < -0.39 is 16.0 Å². The fourth-order valence-corrected chi connectivity index (χ4v) is 3.82. The summed E-state index contributed by atoms with van der Waals surface area (Å²) in [6, 6.07) is 2.55. The molecule has 0 amide bonds. The fourth-order valence-electron chi connectivity index (χ4n) is 1.98. The summed E-state index contributed by atoms with van der Waals surface area (Å²) in [5.74, 6) is -0.987. The van der Waals surface area contributed by atoms with Gasteiger partial charge in [-0.05, 0) is 30.5 Å². The zero-order valence-corrected chi connectivity index (χ0v) is 14.1. The first-order valence-electron chi connectivity index (χ1n) is 6.61. The van der Waals surface area contributed by atoms with E-state index in [-0.39, 0.29) is 27.0 Å². The van der Waals surface area contributed by atoms with Gasteiger partial charge in [0.2, 0.25) is 10.0 Å². The van der Waals surface area contributed by atoms with Gasteiger partial charge < -0.3 is 5.11 Å². The smallest absolute Gasteiger partial charge is 0.336 e. The van der Waals surface area contributed by atoms with Gasteiger partial charge in [-0.3, -0.25) is 0 Å². The Morgan fingerprint density at radius 2 is 2.00 bits per heavy atom. The van der Waals surface area contributed by atoms with Crippen LogP contribution in [-0.4, -0.2) is 37.4 Å². The molecular weight excluding hydrogens is 314 g/mol. The third kappa shape index (κ3) is 3.96. The normalized spacial score (nSPS) is 13.4. The number of nitrogens with zero attached hydrogens (tertiary/aromatic N) is 1. The topological polar surface area (TPSA) is 74.7 Å². The number of carboxylic acids is 1. The zero-order chi connectivity index (χ0) is 16.4. The molecule has 0 fully saturated rings. The van der Waals surface area contributed by atoms with Gasteiger partial charge in [-0.2, -0.15) is 0 Å². The molecule has 0 heterocycles. The number of halogens is 1. The lowest BCUT2D eigenvalue weighted by Crippen LogP contribution is -2.31. The lowest BCUT2D eigenvalue weighted by molar-refractivity contribution is 0.0696. The number of rotatable bonds is 6. The molecule has 1 unspecified atom stereocenters. The van der Waals surface area contributed by atoms with Crippen molar-refractivity contribution in [2.75, 3.05) is 13.6 Å². The highest BCUT2D eigenvalue weighted by Gasteiger charge is 2.26. The Hall–Kier alpha value is -1.11. The van der Waals surface area contributed by atoms with Gasteiger partial charge in [-0.1, -0.05) is 31.9 Å². The minimum Gasteiger partial charge on any atom is -0.478 e. The summed E-state index contributed by atoms with van der Waals surface area (Å²) in [5.41, 5.74) is 0.0981. The lowest BCUT2D eigenvalue weighted by atomic mass is 10.1. The minimum atomic E-state index is -3.77. The number of hydrogen-bond donors (Lipinski definition) is 1. The Balaban J connectivity index is 3.35. The standard InChI is InChI=1S/C14H20ClNO4S/c1-5-9(2)8-16(4)21(19,20)13-7-11(15)6-12(10(13)3)14(17)18/h6-7,9H,5,8H2,1-4H3,(H,17,18). The van der Waals surface area contributed by atoms with E-state index in [1.807, 2.05) is 13.8 Å². The molecule has 1 N–H and O–H groups in total.